The van der Waals surface area contributed by atoms with Crippen LogP contribution in [0.15, 0.2) is 18.2 Å². The number of nitrogens with zero attached hydrogens (tertiary/aromatic N) is 1. The van der Waals surface area contributed by atoms with Crippen LogP contribution in [0.25, 0.3) is 0 Å². The first-order valence-electron chi connectivity index (χ1n) is 7.75. The number of carbonyl (C=O) groups is 1. The molecular weight excluding hydrogens is 248 g/mol. The Morgan fingerprint density at radius 3 is 2.75 bits per heavy atom. The molecule has 2 fully saturated rings. The maximum Gasteiger partial charge on any atom is 0.224 e. The number of amides is 1. The van der Waals surface area contributed by atoms with Gasteiger partial charge in [0.15, 0.2) is 0 Å². The Hall–Kier alpha value is -1.35. The lowest BCUT2D eigenvalue weighted by atomic mass is 9.94. The predicted octanol–water partition coefficient (Wildman–Crippen LogP) is 3.12. The summed E-state index contributed by atoms with van der Waals surface area (Å²) in [4.78, 5) is 14.9. The Bertz CT molecular complexity index is 491. The van der Waals surface area contributed by atoms with Gasteiger partial charge in [-0.1, -0.05) is 18.2 Å². The van der Waals surface area contributed by atoms with Crippen molar-refractivity contribution in [2.24, 2.45) is 5.92 Å². The Kier molecular flexibility index (Phi) is 3.79. The smallest absolute Gasteiger partial charge is 0.224 e. The number of hydrogen-bond donors (Lipinski definition) is 1. The van der Waals surface area contributed by atoms with Crippen molar-refractivity contribution < 1.29 is 4.79 Å². The third-order valence-electron chi connectivity index (χ3n) is 4.94. The first kappa shape index (κ1) is 13.6. The highest BCUT2D eigenvalue weighted by molar-refractivity contribution is 5.92. The van der Waals surface area contributed by atoms with Crippen LogP contribution in [-0.2, 0) is 4.79 Å². The van der Waals surface area contributed by atoms with Gasteiger partial charge >= 0.3 is 0 Å². The Balaban J connectivity index is 1.63. The molecule has 1 N–H and O–H groups in total. The molecule has 0 radical (unpaired) electrons. The van der Waals surface area contributed by atoms with Gasteiger partial charge in [-0.05, 0) is 63.2 Å². The summed E-state index contributed by atoms with van der Waals surface area (Å²) in [7, 11) is 0. The number of para-hydroxylation sites is 1. The van der Waals surface area contributed by atoms with Gasteiger partial charge in [0.05, 0.1) is 0 Å². The molecule has 1 amide bonds. The Labute approximate surface area is 121 Å². The van der Waals surface area contributed by atoms with E-state index in [0.29, 0.717) is 18.4 Å². The largest absolute Gasteiger partial charge is 0.326 e. The average molecular weight is 272 g/mol. The van der Waals surface area contributed by atoms with Crippen molar-refractivity contribution in [2.45, 2.75) is 45.6 Å². The molecule has 3 nitrogen and oxygen atoms in total. The minimum Gasteiger partial charge on any atom is -0.326 e. The number of rotatable bonds is 3. The molecule has 3 rings (SSSR count). The zero-order chi connectivity index (χ0) is 14.1. The zero-order valence-electron chi connectivity index (χ0n) is 12.5. The van der Waals surface area contributed by atoms with Gasteiger partial charge in [0.2, 0.25) is 5.91 Å². The van der Waals surface area contributed by atoms with Crippen LogP contribution in [0.3, 0.4) is 0 Å². The van der Waals surface area contributed by atoms with Crippen LogP contribution in [0, 0.1) is 19.8 Å². The SMILES string of the molecule is Cc1cccc(C)c1NC(=O)CC1CCN2CCCC12. The van der Waals surface area contributed by atoms with Gasteiger partial charge < -0.3 is 10.2 Å². The first-order valence-corrected chi connectivity index (χ1v) is 7.75. The molecular formula is C17H24N2O. The van der Waals surface area contributed by atoms with E-state index in [-0.39, 0.29) is 5.91 Å². The molecule has 2 heterocycles. The maximum absolute atomic E-state index is 12.3. The van der Waals surface area contributed by atoms with Crippen molar-refractivity contribution in [1.29, 1.82) is 0 Å². The zero-order valence-corrected chi connectivity index (χ0v) is 12.5. The molecule has 2 aliphatic rings. The van der Waals surface area contributed by atoms with Crippen LogP contribution in [0.1, 0.15) is 36.8 Å². The molecule has 0 aromatic heterocycles. The van der Waals surface area contributed by atoms with E-state index in [1.54, 1.807) is 0 Å². The number of aryl methyl sites for hydroxylation is 2. The highest BCUT2D eigenvalue weighted by Crippen LogP contribution is 2.34. The van der Waals surface area contributed by atoms with Gasteiger partial charge in [0.1, 0.15) is 0 Å². The molecule has 0 aliphatic carbocycles. The molecule has 20 heavy (non-hydrogen) atoms. The number of carbonyl (C=O) groups excluding carboxylic acids is 1. The maximum atomic E-state index is 12.3. The van der Waals surface area contributed by atoms with Gasteiger partial charge in [-0.2, -0.15) is 0 Å². The standard InChI is InChI=1S/C17H24N2O/c1-12-5-3-6-13(2)17(12)18-16(20)11-14-8-10-19-9-4-7-15(14)19/h3,5-6,14-15H,4,7-11H2,1-2H3,(H,18,20). The lowest BCUT2D eigenvalue weighted by Crippen LogP contribution is -2.28. The topological polar surface area (TPSA) is 32.3 Å². The van der Waals surface area contributed by atoms with E-state index in [9.17, 15) is 4.79 Å². The lowest BCUT2D eigenvalue weighted by molar-refractivity contribution is -0.117. The van der Waals surface area contributed by atoms with Crippen LogP contribution < -0.4 is 5.32 Å². The van der Waals surface area contributed by atoms with E-state index in [1.807, 2.05) is 6.07 Å². The fraction of sp³-hybridized carbons (Fsp3) is 0.588. The minimum atomic E-state index is 0.182. The molecule has 0 saturated carbocycles. The first-order chi connectivity index (χ1) is 9.65. The molecule has 0 spiro atoms. The third kappa shape index (κ3) is 2.59. The second-order valence-corrected chi connectivity index (χ2v) is 6.31. The van der Waals surface area contributed by atoms with Crippen LogP contribution in [-0.4, -0.2) is 29.9 Å². The third-order valence-corrected chi connectivity index (χ3v) is 4.94. The van der Waals surface area contributed by atoms with E-state index >= 15 is 0 Å². The fourth-order valence-corrected chi connectivity index (χ4v) is 3.87. The van der Waals surface area contributed by atoms with E-state index < -0.39 is 0 Å². The second-order valence-electron chi connectivity index (χ2n) is 6.31. The minimum absolute atomic E-state index is 0.182. The summed E-state index contributed by atoms with van der Waals surface area (Å²) in [6, 6.07) is 6.81. The quantitative estimate of drug-likeness (QED) is 0.917. The van der Waals surface area contributed by atoms with Crippen molar-refractivity contribution in [3.63, 3.8) is 0 Å². The predicted molar refractivity (Wildman–Crippen MR) is 81.9 cm³/mol. The molecule has 3 heteroatoms. The lowest BCUT2D eigenvalue weighted by Gasteiger charge is -2.20. The molecule has 2 aliphatic heterocycles. The average Bonchev–Trinajstić information content (AvgIpc) is 2.99. The summed E-state index contributed by atoms with van der Waals surface area (Å²) in [6.45, 7) is 6.53. The van der Waals surface area contributed by atoms with E-state index in [0.717, 1.165) is 16.8 Å². The summed E-state index contributed by atoms with van der Waals surface area (Å²) in [5.41, 5.74) is 3.29. The van der Waals surface area contributed by atoms with Crippen LogP contribution in [0.4, 0.5) is 5.69 Å². The van der Waals surface area contributed by atoms with Crippen molar-refractivity contribution >= 4 is 11.6 Å². The monoisotopic (exact) mass is 272 g/mol. The van der Waals surface area contributed by atoms with Crippen LogP contribution in [0.5, 0.6) is 0 Å². The number of hydrogen-bond acceptors (Lipinski definition) is 2. The second kappa shape index (κ2) is 5.57. The van der Waals surface area contributed by atoms with E-state index in [1.165, 1.54) is 32.4 Å². The van der Waals surface area contributed by atoms with Gasteiger partial charge in [-0.3, -0.25) is 4.79 Å². The van der Waals surface area contributed by atoms with E-state index in [4.69, 9.17) is 0 Å². The summed E-state index contributed by atoms with van der Waals surface area (Å²) in [5.74, 6) is 0.739. The number of fused-ring (bicyclic) bond motifs is 1. The Morgan fingerprint density at radius 1 is 1.25 bits per heavy atom. The van der Waals surface area contributed by atoms with Crippen molar-refractivity contribution in [2.75, 3.05) is 18.4 Å². The van der Waals surface area contributed by atoms with Gasteiger partial charge in [0.25, 0.3) is 0 Å². The highest BCUT2D eigenvalue weighted by Gasteiger charge is 2.37. The Morgan fingerprint density at radius 2 is 2.00 bits per heavy atom. The van der Waals surface area contributed by atoms with Crippen LogP contribution >= 0.6 is 0 Å². The van der Waals surface area contributed by atoms with Gasteiger partial charge in [0, 0.05) is 18.2 Å². The van der Waals surface area contributed by atoms with Crippen molar-refractivity contribution in [3.05, 3.63) is 29.3 Å². The summed E-state index contributed by atoms with van der Waals surface area (Å²) in [5, 5.41) is 3.13. The molecule has 108 valence electrons. The van der Waals surface area contributed by atoms with Gasteiger partial charge in [-0.15, -0.1) is 0 Å². The number of nitrogens with one attached hydrogen (secondary N) is 1. The summed E-state index contributed by atoms with van der Waals surface area (Å²) >= 11 is 0. The summed E-state index contributed by atoms with van der Waals surface area (Å²) in [6.07, 6.45) is 4.45. The molecule has 1 aromatic carbocycles. The fourth-order valence-electron chi connectivity index (χ4n) is 3.87. The molecule has 0 bridgehead atoms. The number of anilines is 1. The summed E-state index contributed by atoms with van der Waals surface area (Å²) < 4.78 is 0. The normalized spacial score (nSPS) is 25.7. The number of benzene rings is 1. The van der Waals surface area contributed by atoms with Gasteiger partial charge in [-0.25, -0.2) is 0 Å². The molecule has 2 saturated heterocycles. The van der Waals surface area contributed by atoms with Crippen molar-refractivity contribution in [1.82, 2.24) is 4.90 Å². The molecule has 2 atom stereocenters. The highest BCUT2D eigenvalue weighted by atomic mass is 16.1. The van der Waals surface area contributed by atoms with Crippen LogP contribution in [0.2, 0.25) is 0 Å². The van der Waals surface area contributed by atoms with E-state index in [2.05, 4.69) is 36.2 Å². The molecule has 2 unspecified atom stereocenters. The molecule has 1 aromatic rings. The van der Waals surface area contributed by atoms with Crippen molar-refractivity contribution in [3.8, 4) is 0 Å².